The Morgan fingerprint density at radius 3 is 2.52 bits per heavy atom. The Bertz CT molecular complexity index is 855. The number of anilines is 2. The molecule has 27 heavy (non-hydrogen) atoms. The number of ether oxygens (including phenoxy) is 1. The highest BCUT2D eigenvalue weighted by atomic mass is 19.1. The molecular weight excluding hydrogens is 343 g/mol. The molecule has 6 heteroatoms. The van der Waals surface area contributed by atoms with Crippen molar-refractivity contribution in [3.05, 3.63) is 77.7 Å². The third-order valence-corrected chi connectivity index (χ3v) is 4.16. The van der Waals surface area contributed by atoms with Crippen molar-refractivity contribution >= 4 is 11.8 Å². The van der Waals surface area contributed by atoms with Crippen molar-refractivity contribution in [2.45, 2.75) is 12.8 Å². The number of rotatable bonds is 9. The molecule has 0 atom stereocenters. The Kier molecular flexibility index (Phi) is 6.57. The molecule has 1 aromatic heterocycles. The molecule has 2 N–H and O–H groups in total. The lowest BCUT2D eigenvalue weighted by molar-refractivity contribution is 0.410. The van der Waals surface area contributed by atoms with Crippen LogP contribution in [0.3, 0.4) is 0 Å². The summed E-state index contributed by atoms with van der Waals surface area (Å²) in [7, 11) is 1.68. The lowest BCUT2D eigenvalue weighted by Gasteiger charge is -2.10. The minimum absolute atomic E-state index is 0.220. The first-order chi connectivity index (χ1) is 13.2. The highest BCUT2D eigenvalue weighted by Gasteiger charge is 2.03. The zero-order chi connectivity index (χ0) is 18.9. The van der Waals surface area contributed by atoms with Gasteiger partial charge in [-0.05, 0) is 48.2 Å². The number of nitrogens with zero attached hydrogens (tertiary/aromatic N) is 2. The molecule has 3 aromatic rings. The summed E-state index contributed by atoms with van der Waals surface area (Å²) in [5.41, 5.74) is 2.22. The Morgan fingerprint density at radius 1 is 0.926 bits per heavy atom. The van der Waals surface area contributed by atoms with Crippen LogP contribution in [0.4, 0.5) is 16.2 Å². The Labute approximate surface area is 158 Å². The second-order valence-electron chi connectivity index (χ2n) is 6.06. The number of nitrogens with one attached hydrogen (secondary N) is 2. The summed E-state index contributed by atoms with van der Waals surface area (Å²) in [4.78, 5) is 8.70. The van der Waals surface area contributed by atoms with Gasteiger partial charge in [-0.2, -0.15) is 4.98 Å². The van der Waals surface area contributed by atoms with Gasteiger partial charge in [0.2, 0.25) is 5.95 Å². The van der Waals surface area contributed by atoms with Crippen LogP contribution < -0.4 is 15.4 Å². The molecule has 0 aliphatic rings. The molecule has 0 radical (unpaired) electrons. The largest absolute Gasteiger partial charge is 0.496 e. The quantitative estimate of drug-likeness (QED) is 0.601. The van der Waals surface area contributed by atoms with E-state index in [4.69, 9.17) is 4.74 Å². The van der Waals surface area contributed by atoms with Crippen molar-refractivity contribution in [1.82, 2.24) is 9.97 Å². The van der Waals surface area contributed by atoms with Crippen LogP contribution in [0.15, 0.2) is 60.8 Å². The van der Waals surface area contributed by atoms with E-state index in [2.05, 4.69) is 26.7 Å². The summed E-state index contributed by atoms with van der Waals surface area (Å²) in [6, 6.07) is 16.3. The standard InChI is InChI=1S/C21H23FN4O/c1-27-19-5-3-2-4-17(19)11-14-23-20-12-15-25-21(26-20)24-13-10-16-6-8-18(22)9-7-16/h2-9,12,15H,10-11,13-14H2,1H3,(H2,23,24,25,26). The van der Waals surface area contributed by atoms with Gasteiger partial charge in [-0.1, -0.05) is 30.3 Å². The maximum atomic E-state index is 12.9. The van der Waals surface area contributed by atoms with Gasteiger partial charge < -0.3 is 15.4 Å². The van der Waals surface area contributed by atoms with Gasteiger partial charge in [0, 0.05) is 19.3 Å². The van der Waals surface area contributed by atoms with Crippen molar-refractivity contribution in [2.75, 3.05) is 30.8 Å². The first kappa shape index (κ1) is 18.6. The Balaban J connectivity index is 1.47. The van der Waals surface area contributed by atoms with Crippen molar-refractivity contribution in [2.24, 2.45) is 0 Å². The summed E-state index contributed by atoms with van der Waals surface area (Å²) in [5, 5.41) is 6.51. The first-order valence-corrected chi connectivity index (χ1v) is 8.92. The molecule has 0 bridgehead atoms. The van der Waals surface area contributed by atoms with Crippen LogP contribution in [0.25, 0.3) is 0 Å². The maximum absolute atomic E-state index is 12.9. The second kappa shape index (κ2) is 9.52. The normalized spacial score (nSPS) is 10.4. The van der Waals surface area contributed by atoms with Crippen LogP contribution in [-0.4, -0.2) is 30.2 Å². The van der Waals surface area contributed by atoms with Crippen LogP contribution in [0.1, 0.15) is 11.1 Å². The summed E-state index contributed by atoms with van der Waals surface area (Å²) in [6.07, 6.45) is 3.33. The molecule has 0 unspecified atom stereocenters. The number of hydrogen-bond acceptors (Lipinski definition) is 5. The fourth-order valence-electron chi connectivity index (χ4n) is 2.75. The highest BCUT2D eigenvalue weighted by Crippen LogP contribution is 2.17. The number of aromatic nitrogens is 2. The molecule has 140 valence electrons. The van der Waals surface area contributed by atoms with Gasteiger partial charge in [0.25, 0.3) is 0 Å². The van der Waals surface area contributed by atoms with Crippen LogP contribution in [0.2, 0.25) is 0 Å². The molecule has 2 aromatic carbocycles. The van der Waals surface area contributed by atoms with Gasteiger partial charge in [-0.25, -0.2) is 9.37 Å². The predicted octanol–water partition coefficient (Wildman–Crippen LogP) is 3.93. The molecule has 0 amide bonds. The van der Waals surface area contributed by atoms with Crippen LogP contribution in [0, 0.1) is 5.82 Å². The van der Waals surface area contributed by atoms with Gasteiger partial charge in [-0.3, -0.25) is 0 Å². The van der Waals surface area contributed by atoms with E-state index in [1.807, 2.05) is 24.3 Å². The lowest BCUT2D eigenvalue weighted by atomic mass is 10.1. The molecule has 0 aliphatic heterocycles. The van der Waals surface area contributed by atoms with Crippen molar-refractivity contribution in [3.8, 4) is 5.75 Å². The first-order valence-electron chi connectivity index (χ1n) is 8.92. The highest BCUT2D eigenvalue weighted by molar-refractivity contribution is 5.40. The van der Waals surface area contributed by atoms with Gasteiger partial charge in [-0.15, -0.1) is 0 Å². The van der Waals surface area contributed by atoms with Gasteiger partial charge in [0.15, 0.2) is 0 Å². The van der Waals surface area contributed by atoms with E-state index in [-0.39, 0.29) is 5.82 Å². The summed E-state index contributed by atoms with van der Waals surface area (Å²) >= 11 is 0. The molecule has 1 heterocycles. The Hall–Kier alpha value is -3.15. The fraction of sp³-hybridized carbons (Fsp3) is 0.238. The van der Waals surface area contributed by atoms with Gasteiger partial charge in [0.1, 0.15) is 17.4 Å². The predicted molar refractivity (Wildman–Crippen MR) is 106 cm³/mol. The fourth-order valence-corrected chi connectivity index (χ4v) is 2.75. The van der Waals surface area contributed by atoms with Crippen LogP contribution in [-0.2, 0) is 12.8 Å². The number of hydrogen-bond donors (Lipinski definition) is 2. The lowest BCUT2D eigenvalue weighted by Crippen LogP contribution is -2.11. The molecule has 0 saturated carbocycles. The minimum atomic E-state index is -0.220. The minimum Gasteiger partial charge on any atom is -0.496 e. The van der Waals surface area contributed by atoms with E-state index < -0.39 is 0 Å². The molecule has 0 fully saturated rings. The van der Waals surface area contributed by atoms with Crippen molar-refractivity contribution in [3.63, 3.8) is 0 Å². The topological polar surface area (TPSA) is 59.1 Å². The third-order valence-electron chi connectivity index (χ3n) is 4.16. The molecule has 0 spiro atoms. The summed E-state index contributed by atoms with van der Waals surface area (Å²) < 4.78 is 18.3. The van der Waals surface area contributed by atoms with Gasteiger partial charge >= 0.3 is 0 Å². The van der Waals surface area contributed by atoms with Crippen molar-refractivity contribution in [1.29, 1.82) is 0 Å². The Morgan fingerprint density at radius 2 is 1.70 bits per heavy atom. The summed E-state index contributed by atoms with van der Waals surface area (Å²) in [6.45, 7) is 1.42. The van der Waals surface area contributed by atoms with E-state index in [0.29, 0.717) is 12.5 Å². The van der Waals surface area contributed by atoms with E-state index >= 15 is 0 Å². The monoisotopic (exact) mass is 366 g/mol. The molecule has 0 saturated heterocycles. The average molecular weight is 366 g/mol. The third kappa shape index (κ3) is 5.67. The van der Waals surface area contributed by atoms with Crippen molar-refractivity contribution < 1.29 is 9.13 Å². The number of methoxy groups -OCH3 is 1. The zero-order valence-corrected chi connectivity index (χ0v) is 15.3. The maximum Gasteiger partial charge on any atom is 0.224 e. The molecular formula is C21H23FN4O. The molecule has 5 nitrogen and oxygen atoms in total. The van der Waals surface area contributed by atoms with E-state index in [9.17, 15) is 4.39 Å². The number of benzene rings is 2. The van der Waals surface area contributed by atoms with Crippen LogP contribution in [0.5, 0.6) is 5.75 Å². The molecule has 0 aliphatic carbocycles. The number of halogens is 1. The average Bonchev–Trinajstić information content (AvgIpc) is 2.70. The number of para-hydroxylation sites is 1. The molecule has 3 rings (SSSR count). The van der Waals surface area contributed by atoms with Gasteiger partial charge in [0.05, 0.1) is 7.11 Å². The van der Waals surface area contributed by atoms with E-state index in [1.54, 1.807) is 25.4 Å². The second-order valence-corrected chi connectivity index (χ2v) is 6.06. The smallest absolute Gasteiger partial charge is 0.224 e. The SMILES string of the molecule is COc1ccccc1CCNc1ccnc(NCCc2ccc(F)cc2)n1. The van der Waals surface area contributed by atoms with E-state index in [0.717, 1.165) is 42.1 Å². The van der Waals surface area contributed by atoms with Crippen LogP contribution >= 0.6 is 0 Å². The summed E-state index contributed by atoms with van der Waals surface area (Å²) in [5.74, 6) is 2.01. The zero-order valence-electron chi connectivity index (χ0n) is 15.3. The van der Waals surface area contributed by atoms with E-state index in [1.165, 1.54) is 12.1 Å².